The lowest BCUT2D eigenvalue weighted by Crippen LogP contribution is -2.27. The average molecular weight is 441 g/mol. The van der Waals surface area contributed by atoms with E-state index in [1.807, 2.05) is 0 Å². The fourth-order valence-electron chi connectivity index (χ4n) is 2.19. The van der Waals surface area contributed by atoms with Crippen LogP contribution in [-0.2, 0) is 4.74 Å². The molecule has 2 aromatic rings. The van der Waals surface area contributed by atoms with Crippen molar-refractivity contribution in [3.8, 4) is 0 Å². The molecule has 7 nitrogen and oxygen atoms in total. The summed E-state index contributed by atoms with van der Waals surface area (Å²) in [6.07, 6.45) is 1.12. The van der Waals surface area contributed by atoms with Crippen LogP contribution in [0.5, 0.6) is 0 Å². The smallest absolute Gasteiger partial charge is 0.413 e. The predicted octanol–water partition coefficient (Wildman–Crippen LogP) is 4.19. The van der Waals surface area contributed by atoms with Gasteiger partial charge in [0, 0.05) is 23.4 Å². The minimum atomic E-state index is -0.910. The molecule has 140 valence electrons. The number of hydrogen-bond acceptors (Lipinski definition) is 7. The Hall–Kier alpha value is -1.97. The summed E-state index contributed by atoms with van der Waals surface area (Å²) in [6.45, 7) is 5.36. The van der Waals surface area contributed by atoms with Crippen molar-refractivity contribution in [3.63, 3.8) is 0 Å². The maximum absolute atomic E-state index is 11.9. The van der Waals surface area contributed by atoms with Crippen molar-refractivity contribution >= 4 is 54.9 Å². The number of anilines is 1. The topological polar surface area (TPSA) is 107 Å². The first-order chi connectivity index (χ1) is 12.1. The Bertz CT molecular complexity index is 858. The number of nitrogens with one attached hydrogen (secondary N) is 3. The third-order valence-electron chi connectivity index (χ3n) is 3.24. The lowest BCUT2D eigenvalue weighted by molar-refractivity contribution is 0.0636. The van der Waals surface area contributed by atoms with Gasteiger partial charge in [0.1, 0.15) is 11.7 Å². The van der Waals surface area contributed by atoms with E-state index < -0.39 is 17.8 Å². The first-order valence-corrected chi connectivity index (χ1v) is 9.42. The molecule has 0 aliphatic heterocycles. The van der Waals surface area contributed by atoms with E-state index in [2.05, 4.69) is 31.5 Å². The Morgan fingerprint density at radius 1 is 1.46 bits per heavy atom. The number of carbonyl (C=O) groups excluding carboxylic acids is 1. The van der Waals surface area contributed by atoms with Crippen LogP contribution in [0.25, 0.3) is 10.2 Å². The number of likely N-dealkylation sites (N-methyl/N-ethyl adjacent to an activating group) is 1. The van der Waals surface area contributed by atoms with Crippen molar-refractivity contribution in [2.75, 3.05) is 12.4 Å². The molecule has 1 heterocycles. The molecule has 1 aromatic carbocycles. The van der Waals surface area contributed by atoms with Crippen LogP contribution in [-0.4, -0.2) is 35.0 Å². The summed E-state index contributed by atoms with van der Waals surface area (Å²) in [4.78, 5) is 16.3. The minimum Gasteiger partial charge on any atom is -0.444 e. The van der Waals surface area contributed by atoms with E-state index in [-0.39, 0.29) is 0 Å². The number of aromatic nitrogens is 1. The zero-order valence-corrected chi connectivity index (χ0v) is 17.3. The molecule has 0 saturated heterocycles. The number of carbonyl (C=O) groups is 1. The number of rotatable bonds is 5. The normalized spacial score (nSPS) is 13.4. The van der Waals surface area contributed by atoms with Gasteiger partial charge >= 0.3 is 6.09 Å². The molecule has 4 N–H and O–H groups in total. The zero-order valence-electron chi connectivity index (χ0n) is 14.9. The highest BCUT2D eigenvalue weighted by atomic mass is 79.9. The Balaban J connectivity index is 2.32. The third kappa shape index (κ3) is 5.03. The molecule has 0 aliphatic rings. The van der Waals surface area contributed by atoms with Crippen molar-refractivity contribution in [2.24, 2.45) is 0 Å². The number of amides is 1. The maximum Gasteiger partial charge on any atom is 0.413 e. The third-order valence-corrected chi connectivity index (χ3v) is 4.76. The van der Waals surface area contributed by atoms with Gasteiger partial charge in [0.05, 0.1) is 10.2 Å². The van der Waals surface area contributed by atoms with Gasteiger partial charge in [-0.2, -0.15) is 0 Å². The maximum atomic E-state index is 11.9. The molecule has 0 saturated carbocycles. The van der Waals surface area contributed by atoms with E-state index in [0.717, 1.165) is 10.9 Å². The second-order valence-electron chi connectivity index (χ2n) is 6.44. The zero-order chi connectivity index (χ0) is 19.5. The van der Waals surface area contributed by atoms with Crippen LogP contribution < -0.4 is 10.6 Å². The minimum absolute atomic E-state index is 0.408. The van der Waals surface area contributed by atoms with Gasteiger partial charge in [0.25, 0.3) is 0 Å². The number of fused-ring (bicyclic) bond motifs is 1. The largest absolute Gasteiger partial charge is 0.444 e. The standard InChI is InChI=1S/C17H21BrN4O3S/c1-17(2,3)25-16(24)22-15-21-13-10(18)7-9(8-12(13)26-15)14(23)11(20-4)5-6-19/h5-8,14,19-20,23H,1-4H3,(H,21,22,24)/b11-5-,19-6?. The molecule has 0 aliphatic carbocycles. The van der Waals surface area contributed by atoms with Crippen LogP contribution >= 0.6 is 27.3 Å². The van der Waals surface area contributed by atoms with E-state index in [1.165, 1.54) is 17.4 Å². The first-order valence-electron chi connectivity index (χ1n) is 7.81. The van der Waals surface area contributed by atoms with E-state index in [0.29, 0.717) is 26.4 Å². The number of benzene rings is 1. The summed E-state index contributed by atoms with van der Waals surface area (Å²) in [6, 6.07) is 3.57. The molecule has 0 bridgehead atoms. The van der Waals surface area contributed by atoms with Crippen LogP contribution in [0.1, 0.15) is 32.4 Å². The monoisotopic (exact) mass is 440 g/mol. The summed E-state index contributed by atoms with van der Waals surface area (Å²) < 4.78 is 6.72. The summed E-state index contributed by atoms with van der Waals surface area (Å²) in [5.41, 5.74) is 1.23. The van der Waals surface area contributed by atoms with Crippen molar-refractivity contribution in [3.05, 3.63) is 33.9 Å². The number of thiazole rings is 1. The Labute approximate surface area is 164 Å². The highest BCUT2D eigenvalue weighted by molar-refractivity contribution is 9.10. The molecule has 26 heavy (non-hydrogen) atoms. The van der Waals surface area contributed by atoms with Gasteiger partial charge in [-0.3, -0.25) is 5.32 Å². The second-order valence-corrected chi connectivity index (χ2v) is 8.32. The van der Waals surface area contributed by atoms with Crippen molar-refractivity contribution in [2.45, 2.75) is 32.5 Å². The molecule has 9 heteroatoms. The molecule has 0 spiro atoms. The predicted molar refractivity (Wildman–Crippen MR) is 108 cm³/mol. The molecular weight excluding hydrogens is 420 g/mol. The fourth-order valence-corrected chi connectivity index (χ4v) is 3.82. The summed E-state index contributed by atoms with van der Waals surface area (Å²) >= 11 is 4.74. The Morgan fingerprint density at radius 2 is 2.15 bits per heavy atom. The number of halogens is 1. The molecule has 2 rings (SSSR count). The highest BCUT2D eigenvalue weighted by Gasteiger charge is 2.19. The van der Waals surface area contributed by atoms with Gasteiger partial charge < -0.3 is 20.6 Å². The molecule has 1 amide bonds. The number of aliphatic hydroxyl groups excluding tert-OH is 1. The molecule has 0 fully saturated rings. The number of ether oxygens (including phenoxy) is 1. The van der Waals surface area contributed by atoms with Crippen LogP contribution in [0.2, 0.25) is 0 Å². The van der Waals surface area contributed by atoms with Crippen LogP contribution in [0.15, 0.2) is 28.4 Å². The lowest BCUT2D eigenvalue weighted by Gasteiger charge is -2.18. The van der Waals surface area contributed by atoms with Gasteiger partial charge in [0.15, 0.2) is 5.13 Å². The van der Waals surface area contributed by atoms with E-state index in [4.69, 9.17) is 10.1 Å². The quantitative estimate of drug-likeness (QED) is 0.521. The summed E-state index contributed by atoms with van der Waals surface area (Å²) in [5.74, 6) is 0. The van der Waals surface area contributed by atoms with Crippen LogP contribution in [0.4, 0.5) is 9.93 Å². The van der Waals surface area contributed by atoms with E-state index in [1.54, 1.807) is 40.0 Å². The lowest BCUT2D eigenvalue weighted by atomic mass is 10.1. The second kappa shape index (κ2) is 8.15. The van der Waals surface area contributed by atoms with Gasteiger partial charge in [-0.15, -0.1) is 0 Å². The van der Waals surface area contributed by atoms with Gasteiger partial charge in [0.2, 0.25) is 0 Å². The van der Waals surface area contributed by atoms with Crippen LogP contribution in [0.3, 0.4) is 0 Å². The molecule has 1 atom stereocenters. The van der Waals surface area contributed by atoms with E-state index >= 15 is 0 Å². The summed E-state index contributed by atoms with van der Waals surface area (Å²) in [5, 5.41) is 23.6. The van der Waals surface area contributed by atoms with Gasteiger partial charge in [-0.1, -0.05) is 11.3 Å². The van der Waals surface area contributed by atoms with Crippen LogP contribution in [0, 0.1) is 5.41 Å². The Morgan fingerprint density at radius 3 is 2.73 bits per heavy atom. The first kappa shape index (κ1) is 20.3. The van der Waals surface area contributed by atoms with Crippen molar-refractivity contribution in [1.82, 2.24) is 10.3 Å². The average Bonchev–Trinajstić information content (AvgIpc) is 2.92. The SMILES string of the molecule is CN/C(=C\C=N)C(O)c1cc(Br)c2nc(NC(=O)OC(C)(C)C)sc2c1. The summed E-state index contributed by atoms with van der Waals surface area (Å²) in [7, 11) is 1.68. The molecule has 1 unspecified atom stereocenters. The molecular formula is C17H21BrN4O3S. The number of aliphatic hydroxyl groups is 1. The van der Waals surface area contributed by atoms with Crippen molar-refractivity contribution in [1.29, 1.82) is 5.41 Å². The van der Waals surface area contributed by atoms with Gasteiger partial charge in [-0.05, 0) is 60.5 Å². The number of hydrogen-bond donors (Lipinski definition) is 4. The number of nitrogens with zero attached hydrogens (tertiary/aromatic N) is 1. The van der Waals surface area contributed by atoms with Gasteiger partial charge in [-0.25, -0.2) is 9.78 Å². The molecule has 0 radical (unpaired) electrons. The fraction of sp³-hybridized carbons (Fsp3) is 0.353. The van der Waals surface area contributed by atoms with E-state index in [9.17, 15) is 9.90 Å². The number of allylic oxidation sites excluding steroid dienone is 1. The Kier molecular flexibility index (Phi) is 6.38. The molecule has 1 aromatic heterocycles. The highest BCUT2D eigenvalue weighted by Crippen LogP contribution is 2.35. The van der Waals surface area contributed by atoms with Crippen molar-refractivity contribution < 1.29 is 14.6 Å².